The van der Waals surface area contributed by atoms with Crippen molar-refractivity contribution in [2.45, 2.75) is 0 Å². The van der Waals surface area contributed by atoms with Gasteiger partial charge in [0.05, 0.1) is 10.8 Å². The van der Waals surface area contributed by atoms with Crippen LogP contribution in [0.1, 0.15) is 0 Å². The summed E-state index contributed by atoms with van der Waals surface area (Å²) >= 11 is 4.62. The Balaban J connectivity index is 1.64. The lowest BCUT2D eigenvalue weighted by atomic mass is 10.2. The minimum atomic E-state index is 0.858. The van der Waals surface area contributed by atoms with Gasteiger partial charge in [0.1, 0.15) is 0 Å². The van der Waals surface area contributed by atoms with Gasteiger partial charge in [0.15, 0.2) is 0 Å². The third kappa shape index (κ3) is 3.30. The van der Waals surface area contributed by atoms with Crippen molar-refractivity contribution in [3.05, 3.63) is 54.6 Å². The summed E-state index contributed by atoms with van der Waals surface area (Å²) in [5.74, 6) is 0. The zero-order valence-electron chi connectivity index (χ0n) is 11.8. The maximum Gasteiger partial charge on any atom is 0.0741 e. The molecule has 0 radical (unpaired) electrons. The number of para-hydroxylation sites is 1. The van der Waals surface area contributed by atoms with E-state index in [1.54, 1.807) is 0 Å². The first-order valence-electron chi connectivity index (χ1n) is 7.10. The molecule has 0 unspecified atom stereocenters. The SMILES string of the molecule is S=C=Nc1ccc(N2CCN(c3ccccc3)CC2)cc1. The maximum absolute atomic E-state index is 4.62. The molecule has 2 aromatic rings. The van der Waals surface area contributed by atoms with Crippen molar-refractivity contribution in [2.24, 2.45) is 4.99 Å². The molecule has 0 saturated carbocycles. The third-order valence-electron chi connectivity index (χ3n) is 3.79. The van der Waals surface area contributed by atoms with Gasteiger partial charge in [0.2, 0.25) is 0 Å². The molecule has 0 bridgehead atoms. The van der Waals surface area contributed by atoms with Crippen LogP contribution in [0.2, 0.25) is 0 Å². The van der Waals surface area contributed by atoms with E-state index in [2.05, 4.69) is 74.6 Å². The maximum atomic E-state index is 4.62. The fourth-order valence-electron chi connectivity index (χ4n) is 2.65. The van der Waals surface area contributed by atoms with Crippen LogP contribution < -0.4 is 9.80 Å². The second-order valence-electron chi connectivity index (χ2n) is 5.03. The van der Waals surface area contributed by atoms with Gasteiger partial charge in [-0.25, -0.2) is 0 Å². The molecule has 4 heteroatoms. The van der Waals surface area contributed by atoms with E-state index in [1.165, 1.54) is 11.4 Å². The average molecular weight is 295 g/mol. The molecule has 0 atom stereocenters. The fourth-order valence-corrected chi connectivity index (χ4v) is 2.76. The molecule has 0 aromatic heterocycles. The van der Waals surface area contributed by atoms with Crippen LogP contribution in [0.5, 0.6) is 0 Å². The number of hydrogen-bond donors (Lipinski definition) is 0. The van der Waals surface area contributed by atoms with Crippen molar-refractivity contribution >= 4 is 34.4 Å². The highest BCUT2D eigenvalue weighted by Crippen LogP contribution is 2.22. The Morgan fingerprint density at radius 3 is 1.81 bits per heavy atom. The fraction of sp³-hybridized carbons (Fsp3) is 0.235. The number of hydrogen-bond acceptors (Lipinski definition) is 4. The number of thiocarbonyl (C=S) groups is 1. The Bertz CT molecular complexity index is 625. The average Bonchev–Trinajstić information content (AvgIpc) is 2.57. The van der Waals surface area contributed by atoms with Gasteiger partial charge in [-0.15, -0.1) is 0 Å². The lowest BCUT2D eigenvalue weighted by molar-refractivity contribution is 0.653. The summed E-state index contributed by atoms with van der Waals surface area (Å²) in [6, 6.07) is 18.8. The summed E-state index contributed by atoms with van der Waals surface area (Å²) in [7, 11) is 0. The van der Waals surface area contributed by atoms with Gasteiger partial charge in [-0.3, -0.25) is 0 Å². The zero-order valence-corrected chi connectivity index (χ0v) is 12.6. The van der Waals surface area contributed by atoms with Gasteiger partial charge >= 0.3 is 0 Å². The minimum absolute atomic E-state index is 0.858. The summed E-state index contributed by atoms with van der Waals surface area (Å²) in [4.78, 5) is 8.82. The molecule has 0 aliphatic carbocycles. The van der Waals surface area contributed by atoms with Gasteiger partial charge in [-0.2, -0.15) is 4.99 Å². The van der Waals surface area contributed by atoms with E-state index in [4.69, 9.17) is 0 Å². The van der Waals surface area contributed by atoms with E-state index in [-0.39, 0.29) is 0 Å². The Labute approximate surface area is 130 Å². The predicted molar refractivity (Wildman–Crippen MR) is 92.0 cm³/mol. The minimum Gasteiger partial charge on any atom is -0.368 e. The Kier molecular flexibility index (Phi) is 4.29. The van der Waals surface area contributed by atoms with Gasteiger partial charge < -0.3 is 9.80 Å². The van der Waals surface area contributed by atoms with E-state index in [0.29, 0.717) is 0 Å². The highest BCUT2D eigenvalue weighted by molar-refractivity contribution is 7.78. The number of nitrogens with zero attached hydrogens (tertiary/aromatic N) is 3. The highest BCUT2D eigenvalue weighted by atomic mass is 32.1. The quantitative estimate of drug-likeness (QED) is 0.635. The van der Waals surface area contributed by atoms with E-state index in [1.807, 2.05) is 12.1 Å². The van der Waals surface area contributed by atoms with Crippen LogP contribution in [0.3, 0.4) is 0 Å². The number of rotatable bonds is 3. The Morgan fingerprint density at radius 1 is 0.762 bits per heavy atom. The molecule has 1 aliphatic rings. The van der Waals surface area contributed by atoms with Crippen molar-refractivity contribution in [3.63, 3.8) is 0 Å². The van der Waals surface area contributed by atoms with Crippen LogP contribution in [0.15, 0.2) is 59.6 Å². The molecule has 0 spiro atoms. The Hall–Kier alpha value is -2.16. The third-order valence-corrected chi connectivity index (χ3v) is 3.88. The molecule has 2 aromatic carbocycles. The van der Waals surface area contributed by atoms with Crippen molar-refractivity contribution in [1.29, 1.82) is 0 Å². The van der Waals surface area contributed by atoms with E-state index >= 15 is 0 Å². The van der Waals surface area contributed by atoms with Crippen molar-refractivity contribution < 1.29 is 0 Å². The summed E-state index contributed by atoms with van der Waals surface area (Å²) in [6.07, 6.45) is 0. The van der Waals surface area contributed by atoms with Gasteiger partial charge in [-0.05, 0) is 48.6 Å². The van der Waals surface area contributed by atoms with Crippen molar-refractivity contribution in [3.8, 4) is 0 Å². The summed E-state index contributed by atoms with van der Waals surface area (Å²) in [6.45, 7) is 4.16. The smallest absolute Gasteiger partial charge is 0.0741 e. The summed E-state index contributed by atoms with van der Waals surface area (Å²) in [5.41, 5.74) is 3.41. The van der Waals surface area contributed by atoms with Gasteiger partial charge in [-0.1, -0.05) is 18.2 Å². The molecule has 0 amide bonds. The number of piperazine rings is 1. The topological polar surface area (TPSA) is 18.8 Å². The van der Waals surface area contributed by atoms with E-state index < -0.39 is 0 Å². The number of aliphatic imine (C=N–C) groups is 1. The molecule has 1 saturated heterocycles. The summed E-state index contributed by atoms with van der Waals surface area (Å²) < 4.78 is 0. The number of isothiocyanates is 1. The lowest BCUT2D eigenvalue weighted by Crippen LogP contribution is -2.46. The standard InChI is InChI=1S/C17H17N3S/c21-14-18-15-6-8-17(9-7-15)20-12-10-19(11-13-20)16-4-2-1-3-5-16/h1-9H,10-13H2. The van der Waals surface area contributed by atoms with Gasteiger partial charge in [0.25, 0.3) is 0 Å². The molecule has 1 heterocycles. The Morgan fingerprint density at radius 2 is 1.29 bits per heavy atom. The number of anilines is 2. The second-order valence-corrected chi connectivity index (χ2v) is 5.21. The molecule has 3 nitrogen and oxygen atoms in total. The van der Waals surface area contributed by atoms with Gasteiger partial charge in [0, 0.05) is 37.6 Å². The molecule has 106 valence electrons. The summed E-state index contributed by atoms with van der Waals surface area (Å²) in [5, 5.41) is 2.40. The molecule has 0 N–H and O–H groups in total. The predicted octanol–water partition coefficient (Wildman–Crippen LogP) is 3.75. The molecule has 1 fully saturated rings. The number of benzene rings is 2. The van der Waals surface area contributed by atoms with Crippen molar-refractivity contribution in [2.75, 3.05) is 36.0 Å². The second kappa shape index (κ2) is 6.53. The highest BCUT2D eigenvalue weighted by Gasteiger charge is 2.17. The molecule has 21 heavy (non-hydrogen) atoms. The zero-order chi connectivity index (χ0) is 14.5. The van der Waals surface area contributed by atoms with Crippen LogP contribution in [0.4, 0.5) is 17.1 Å². The van der Waals surface area contributed by atoms with Crippen molar-refractivity contribution in [1.82, 2.24) is 0 Å². The monoisotopic (exact) mass is 295 g/mol. The van der Waals surface area contributed by atoms with Crippen LogP contribution >= 0.6 is 12.2 Å². The lowest BCUT2D eigenvalue weighted by Gasteiger charge is -2.37. The first-order chi connectivity index (χ1) is 10.4. The first kappa shape index (κ1) is 13.8. The normalized spacial score (nSPS) is 14.7. The molecule has 1 aliphatic heterocycles. The van der Waals surface area contributed by atoms with E-state index in [0.717, 1.165) is 31.9 Å². The molecular weight excluding hydrogens is 278 g/mol. The van der Waals surface area contributed by atoms with E-state index in [9.17, 15) is 0 Å². The van der Waals surface area contributed by atoms with Crippen LogP contribution in [-0.2, 0) is 0 Å². The van der Waals surface area contributed by atoms with Crippen LogP contribution in [0.25, 0.3) is 0 Å². The molecular formula is C17H17N3S. The van der Waals surface area contributed by atoms with Crippen LogP contribution in [-0.4, -0.2) is 31.3 Å². The molecule has 3 rings (SSSR count). The first-order valence-corrected chi connectivity index (χ1v) is 7.50. The van der Waals surface area contributed by atoms with Crippen LogP contribution in [0, 0.1) is 0 Å². The largest absolute Gasteiger partial charge is 0.368 e.